The summed E-state index contributed by atoms with van der Waals surface area (Å²) in [6.07, 6.45) is 1.37. The molecule has 1 aromatic carbocycles. The average molecular weight is 339 g/mol. The summed E-state index contributed by atoms with van der Waals surface area (Å²) in [5.41, 5.74) is 0.444. The Hall–Kier alpha value is -2.42. The van der Waals surface area contributed by atoms with Gasteiger partial charge in [-0.2, -0.15) is 13.5 Å². The van der Waals surface area contributed by atoms with E-state index in [4.69, 9.17) is 4.74 Å². The molecule has 0 unspecified atom stereocenters. The first kappa shape index (κ1) is 15.5. The zero-order valence-electron chi connectivity index (χ0n) is 12.2. The van der Waals surface area contributed by atoms with Gasteiger partial charge in [0.05, 0.1) is 18.5 Å². The number of hydrogen-bond acceptors (Lipinski definition) is 5. The number of rotatable bonds is 4. The minimum absolute atomic E-state index is 0.0971. The number of sulfonamides is 1. The molecule has 1 aliphatic heterocycles. The Morgan fingerprint density at radius 1 is 1.48 bits per heavy atom. The Kier molecular flexibility index (Phi) is 3.80. The second-order valence-electron chi connectivity index (χ2n) is 4.90. The third-order valence-corrected chi connectivity index (χ3v) is 5.36. The van der Waals surface area contributed by atoms with Gasteiger partial charge >= 0.3 is 5.97 Å². The summed E-state index contributed by atoms with van der Waals surface area (Å²) < 4.78 is 45.3. The molecule has 9 heteroatoms. The first-order valence-corrected chi connectivity index (χ1v) is 8.41. The van der Waals surface area contributed by atoms with Crippen molar-refractivity contribution in [2.45, 2.75) is 18.4 Å². The third-order valence-electron chi connectivity index (χ3n) is 3.58. The van der Waals surface area contributed by atoms with Gasteiger partial charge in [0.15, 0.2) is 5.03 Å². The van der Waals surface area contributed by atoms with Crippen LogP contribution in [0.2, 0.25) is 0 Å². The Morgan fingerprint density at radius 2 is 2.26 bits per heavy atom. The molecule has 0 bridgehead atoms. The van der Waals surface area contributed by atoms with Crippen LogP contribution in [0.1, 0.15) is 22.8 Å². The van der Waals surface area contributed by atoms with Crippen LogP contribution in [0.3, 0.4) is 0 Å². The van der Waals surface area contributed by atoms with Crippen LogP contribution in [0.25, 0.3) is 0 Å². The maximum absolute atomic E-state index is 13.8. The maximum atomic E-state index is 13.8. The normalized spacial score (nSPS) is 13.9. The van der Waals surface area contributed by atoms with Gasteiger partial charge < -0.3 is 4.74 Å². The smallest absolute Gasteiger partial charge is 0.342 e. The van der Waals surface area contributed by atoms with Crippen molar-refractivity contribution >= 4 is 21.7 Å². The number of aromatic amines is 1. The van der Waals surface area contributed by atoms with Crippen molar-refractivity contribution in [2.75, 3.05) is 17.5 Å². The molecular weight excluding hydrogens is 325 g/mol. The molecule has 0 radical (unpaired) electrons. The fraction of sp³-hybridized carbons (Fsp3) is 0.286. The summed E-state index contributed by atoms with van der Waals surface area (Å²) in [6.45, 7) is 1.83. The van der Waals surface area contributed by atoms with Crippen LogP contribution < -0.4 is 4.31 Å². The summed E-state index contributed by atoms with van der Waals surface area (Å²) in [5, 5.41) is 5.61. The number of carbonyl (C=O) groups excluding carboxylic acids is 1. The van der Waals surface area contributed by atoms with Crippen molar-refractivity contribution in [3.63, 3.8) is 0 Å². The molecule has 3 rings (SSSR count). The van der Waals surface area contributed by atoms with Gasteiger partial charge in [0.2, 0.25) is 0 Å². The van der Waals surface area contributed by atoms with E-state index in [1.165, 1.54) is 18.2 Å². The molecule has 0 saturated carbocycles. The summed E-state index contributed by atoms with van der Waals surface area (Å²) in [6, 6.07) is 4.26. The maximum Gasteiger partial charge on any atom is 0.342 e. The molecule has 0 aliphatic carbocycles. The quantitative estimate of drug-likeness (QED) is 0.852. The zero-order valence-corrected chi connectivity index (χ0v) is 13.1. The Labute approximate surface area is 132 Å². The van der Waals surface area contributed by atoms with Crippen molar-refractivity contribution in [1.82, 2.24) is 10.2 Å². The Bertz CT molecular complexity index is 863. The Morgan fingerprint density at radius 3 is 3.00 bits per heavy atom. The van der Waals surface area contributed by atoms with Gasteiger partial charge in [-0.25, -0.2) is 9.18 Å². The van der Waals surface area contributed by atoms with E-state index in [0.29, 0.717) is 5.56 Å². The van der Waals surface area contributed by atoms with E-state index in [1.807, 2.05) is 0 Å². The van der Waals surface area contributed by atoms with E-state index in [1.54, 1.807) is 6.92 Å². The molecular formula is C14H14FN3O4S. The molecule has 122 valence electrons. The van der Waals surface area contributed by atoms with Crippen LogP contribution in [0, 0.1) is 5.82 Å². The minimum atomic E-state index is -4.07. The highest BCUT2D eigenvalue weighted by atomic mass is 32.2. The van der Waals surface area contributed by atoms with Crippen molar-refractivity contribution in [1.29, 1.82) is 0 Å². The zero-order chi connectivity index (χ0) is 16.6. The number of esters is 1. The van der Waals surface area contributed by atoms with Gasteiger partial charge in [-0.1, -0.05) is 6.07 Å². The average Bonchev–Trinajstić information content (AvgIpc) is 3.15. The Balaban J connectivity index is 2.04. The number of H-pyrrole nitrogens is 1. The SMILES string of the molecule is CCOC(=O)c1cn[nH]c1S(=O)(=O)N1CCc2c(F)cccc21. The molecule has 0 amide bonds. The molecule has 1 N–H and O–H groups in total. The molecule has 1 aliphatic rings. The standard InChI is InChI=1S/C14H14FN3O4S/c1-2-22-14(19)10-8-16-17-13(10)23(20,21)18-7-6-9-11(15)4-3-5-12(9)18/h3-5,8H,2,6-7H2,1H3,(H,16,17). The number of benzene rings is 1. The largest absolute Gasteiger partial charge is 0.462 e. The van der Waals surface area contributed by atoms with Crippen molar-refractivity contribution in [2.24, 2.45) is 0 Å². The van der Waals surface area contributed by atoms with E-state index in [2.05, 4.69) is 10.2 Å². The van der Waals surface area contributed by atoms with Crippen LogP contribution in [0.4, 0.5) is 10.1 Å². The topological polar surface area (TPSA) is 92.4 Å². The summed E-state index contributed by atoms with van der Waals surface area (Å²) >= 11 is 0. The van der Waals surface area contributed by atoms with Gasteiger partial charge in [-0.15, -0.1) is 0 Å². The molecule has 0 fully saturated rings. The van der Waals surface area contributed by atoms with Crippen LogP contribution in [-0.2, 0) is 21.2 Å². The van der Waals surface area contributed by atoms with E-state index in [-0.39, 0.29) is 35.8 Å². The number of halogens is 1. The molecule has 7 nitrogen and oxygen atoms in total. The lowest BCUT2D eigenvalue weighted by Crippen LogP contribution is -2.30. The van der Waals surface area contributed by atoms with Gasteiger partial charge in [0.25, 0.3) is 10.0 Å². The highest BCUT2D eigenvalue weighted by Crippen LogP contribution is 2.34. The fourth-order valence-corrected chi connectivity index (χ4v) is 4.11. The van der Waals surface area contributed by atoms with Crippen molar-refractivity contribution < 1.29 is 22.3 Å². The van der Waals surface area contributed by atoms with Crippen molar-refractivity contribution in [3.05, 3.63) is 41.3 Å². The monoisotopic (exact) mass is 339 g/mol. The predicted molar refractivity (Wildman–Crippen MR) is 79.2 cm³/mol. The number of hydrogen-bond donors (Lipinski definition) is 1. The molecule has 2 aromatic rings. The van der Waals surface area contributed by atoms with E-state index < -0.39 is 21.8 Å². The highest BCUT2D eigenvalue weighted by molar-refractivity contribution is 7.92. The van der Waals surface area contributed by atoms with Crippen molar-refractivity contribution in [3.8, 4) is 0 Å². The molecule has 1 aromatic heterocycles. The molecule has 23 heavy (non-hydrogen) atoms. The van der Waals surface area contributed by atoms with Gasteiger partial charge in [-0.3, -0.25) is 9.40 Å². The van der Waals surface area contributed by atoms with Crippen LogP contribution >= 0.6 is 0 Å². The van der Waals surface area contributed by atoms with Gasteiger partial charge in [-0.05, 0) is 25.5 Å². The van der Waals surface area contributed by atoms with Crippen LogP contribution in [0.15, 0.2) is 29.4 Å². The van der Waals surface area contributed by atoms with E-state index in [0.717, 1.165) is 10.5 Å². The van der Waals surface area contributed by atoms with Crippen LogP contribution in [0.5, 0.6) is 0 Å². The minimum Gasteiger partial charge on any atom is -0.462 e. The number of anilines is 1. The lowest BCUT2D eigenvalue weighted by Gasteiger charge is -2.19. The fourth-order valence-electron chi connectivity index (χ4n) is 2.55. The second-order valence-corrected chi connectivity index (χ2v) is 6.70. The first-order valence-electron chi connectivity index (χ1n) is 6.97. The van der Waals surface area contributed by atoms with Gasteiger partial charge in [0.1, 0.15) is 11.4 Å². The summed E-state index contributed by atoms with van der Waals surface area (Å²) in [7, 11) is -4.07. The summed E-state index contributed by atoms with van der Waals surface area (Å²) in [4.78, 5) is 11.9. The molecule has 0 atom stereocenters. The van der Waals surface area contributed by atoms with Crippen LogP contribution in [-0.4, -0.2) is 37.7 Å². The summed E-state index contributed by atoms with van der Waals surface area (Å²) in [5.74, 6) is -1.23. The first-order chi connectivity index (χ1) is 11.0. The number of nitrogens with zero attached hydrogens (tertiary/aromatic N) is 2. The lowest BCUT2D eigenvalue weighted by atomic mass is 10.1. The number of ether oxygens (including phenoxy) is 1. The number of aromatic nitrogens is 2. The molecule has 2 heterocycles. The number of nitrogens with one attached hydrogen (secondary N) is 1. The third kappa shape index (κ3) is 2.46. The van der Waals surface area contributed by atoms with Gasteiger partial charge in [0, 0.05) is 12.1 Å². The second kappa shape index (κ2) is 5.65. The molecule has 0 spiro atoms. The highest BCUT2D eigenvalue weighted by Gasteiger charge is 2.36. The number of fused-ring (bicyclic) bond motifs is 1. The lowest BCUT2D eigenvalue weighted by molar-refractivity contribution is 0.0522. The van der Waals surface area contributed by atoms with E-state index in [9.17, 15) is 17.6 Å². The molecule has 0 saturated heterocycles. The van der Waals surface area contributed by atoms with E-state index >= 15 is 0 Å². The number of carbonyl (C=O) groups is 1. The predicted octanol–water partition coefficient (Wildman–Crippen LogP) is 1.48.